The molecule has 140 valence electrons. The SMILES string of the molecule is CCN(CC)CCN(Cc1cccs1)S(=O)(=O)c1cccc2nsnc12. The summed E-state index contributed by atoms with van der Waals surface area (Å²) in [5, 5.41) is 1.97. The molecule has 2 aromatic heterocycles. The number of fused-ring (bicyclic) bond motifs is 1. The van der Waals surface area contributed by atoms with Crippen molar-refractivity contribution < 1.29 is 8.42 Å². The molecule has 0 aliphatic carbocycles. The number of aromatic nitrogens is 2. The van der Waals surface area contributed by atoms with Crippen LogP contribution in [0.15, 0.2) is 40.6 Å². The minimum Gasteiger partial charge on any atom is -0.303 e. The van der Waals surface area contributed by atoms with Gasteiger partial charge in [0.2, 0.25) is 10.0 Å². The van der Waals surface area contributed by atoms with Gasteiger partial charge in [-0.2, -0.15) is 13.1 Å². The largest absolute Gasteiger partial charge is 0.303 e. The molecule has 0 saturated heterocycles. The van der Waals surface area contributed by atoms with Crippen LogP contribution in [0.25, 0.3) is 11.0 Å². The molecule has 6 nitrogen and oxygen atoms in total. The first kappa shape index (κ1) is 19.4. The topological polar surface area (TPSA) is 66.4 Å². The Balaban J connectivity index is 1.94. The van der Waals surface area contributed by atoms with Crippen LogP contribution in [0.3, 0.4) is 0 Å². The molecule has 0 saturated carbocycles. The van der Waals surface area contributed by atoms with Gasteiger partial charge in [-0.3, -0.25) is 0 Å². The van der Waals surface area contributed by atoms with Crippen molar-refractivity contribution in [1.29, 1.82) is 0 Å². The fraction of sp³-hybridized carbons (Fsp3) is 0.412. The third-order valence-corrected chi connectivity index (χ3v) is 7.62. The van der Waals surface area contributed by atoms with Gasteiger partial charge in [-0.25, -0.2) is 8.42 Å². The van der Waals surface area contributed by atoms with E-state index in [-0.39, 0.29) is 4.90 Å². The lowest BCUT2D eigenvalue weighted by Crippen LogP contribution is -2.38. The molecule has 1 aromatic carbocycles. The second kappa shape index (κ2) is 8.53. The molecule has 0 N–H and O–H groups in total. The smallest absolute Gasteiger partial charge is 0.245 e. The number of rotatable bonds is 9. The van der Waals surface area contributed by atoms with Gasteiger partial charge in [-0.05, 0) is 36.7 Å². The molecular formula is C17H22N4O2S3. The summed E-state index contributed by atoms with van der Waals surface area (Å²) in [6.45, 7) is 7.48. The normalized spacial score (nSPS) is 12.5. The average Bonchev–Trinajstić information content (AvgIpc) is 3.32. The van der Waals surface area contributed by atoms with Gasteiger partial charge in [-0.15, -0.1) is 11.3 Å². The number of benzene rings is 1. The van der Waals surface area contributed by atoms with E-state index >= 15 is 0 Å². The highest BCUT2D eigenvalue weighted by molar-refractivity contribution is 7.89. The van der Waals surface area contributed by atoms with E-state index in [4.69, 9.17) is 0 Å². The summed E-state index contributed by atoms with van der Waals surface area (Å²) in [6.07, 6.45) is 0. The van der Waals surface area contributed by atoms with E-state index in [0.29, 0.717) is 30.7 Å². The van der Waals surface area contributed by atoms with Gasteiger partial charge in [0.15, 0.2) is 0 Å². The maximum atomic E-state index is 13.4. The van der Waals surface area contributed by atoms with E-state index in [1.165, 1.54) is 0 Å². The molecule has 0 aliphatic rings. The Morgan fingerprint density at radius 1 is 1.04 bits per heavy atom. The summed E-state index contributed by atoms with van der Waals surface area (Å²) in [5.74, 6) is 0. The molecule has 0 spiro atoms. The minimum absolute atomic E-state index is 0.236. The van der Waals surface area contributed by atoms with Crippen LogP contribution in [0.2, 0.25) is 0 Å². The van der Waals surface area contributed by atoms with Crippen molar-refractivity contribution in [2.24, 2.45) is 0 Å². The summed E-state index contributed by atoms with van der Waals surface area (Å²) in [5.41, 5.74) is 1.08. The lowest BCUT2D eigenvalue weighted by Gasteiger charge is -2.25. The van der Waals surface area contributed by atoms with E-state index in [9.17, 15) is 8.42 Å². The standard InChI is InChI=1S/C17H22N4O2S3/c1-3-20(4-2)10-11-21(13-14-7-6-12-24-14)26(22,23)16-9-5-8-15-17(16)19-25-18-15/h5-9,12H,3-4,10-11,13H2,1-2H3. The maximum absolute atomic E-state index is 13.4. The van der Waals surface area contributed by atoms with Gasteiger partial charge in [-0.1, -0.05) is 26.0 Å². The Hall–Kier alpha value is -1.39. The first-order valence-corrected chi connectivity index (χ1v) is 11.6. The van der Waals surface area contributed by atoms with Crippen molar-refractivity contribution in [3.8, 4) is 0 Å². The molecule has 2 heterocycles. The molecule has 0 amide bonds. The molecule has 0 aliphatic heterocycles. The molecule has 0 fully saturated rings. The van der Waals surface area contributed by atoms with Gasteiger partial charge in [0.05, 0.1) is 11.7 Å². The third kappa shape index (κ3) is 4.12. The average molecular weight is 411 g/mol. The van der Waals surface area contributed by atoms with Crippen molar-refractivity contribution in [1.82, 2.24) is 18.0 Å². The number of likely N-dealkylation sites (N-methyl/N-ethyl adjacent to an activating group) is 1. The first-order valence-electron chi connectivity index (χ1n) is 8.52. The van der Waals surface area contributed by atoms with Gasteiger partial charge in [0.1, 0.15) is 15.9 Å². The number of thiophene rings is 1. The number of sulfonamides is 1. The highest BCUT2D eigenvalue weighted by atomic mass is 32.2. The molecule has 26 heavy (non-hydrogen) atoms. The Morgan fingerprint density at radius 3 is 2.54 bits per heavy atom. The molecule has 0 radical (unpaired) electrons. The van der Waals surface area contributed by atoms with E-state index in [1.807, 2.05) is 17.5 Å². The van der Waals surface area contributed by atoms with Crippen LogP contribution >= 0.6 is 23.1 Å². The predicted molar refractivity (Wildman–Crippen MR) is 107 cm³/mol. The first-order chi connectivity index (χ1) is 12.6. The second-order valence-electron chi connectivity index (χ2n) is 5.83. The number of hydrogen-bond acceptors (Lipinski definition) is 7. The van der Waals surface area contributed by atoms with Crippen LogP contribution in [-0.4, -0.2) is 52.5 Å². The summed E-state index contributed by atoms with van der Waals surface area (Å²) in [4.78, 5) is 3.48. The van der Waals surface area contributed by atoms with Crippen molar-refractivity contribution in [2.75, 3.05) is 26.2 Å². The van der Waals surface area contributed by atoms with Gasteiger partial charge >= 0.3 is 0 Å². The fourth-order valence-corrected chi connectivity index (χ4v) is 5.74. The van der Waals surface area contributed by atoms with Crippen molar-refractivity contribution in [2.45, 2.75) is 25.3 Å². The summed E-state index contributed by atoms with van der Waals surface area (Å²) < 4.78 is 36.8. The van der Waals surface area contributed by atoms with Gasteiger partial charge in [0, 0.05) is 24.5 Å². The minimum atomic E-state index is -3.67. The van der Waals surface area contributed by atoms with Crippen molar-refractivity contribution >= 4 is 44.1 Å². The van der Waals surface area contributed by atoms with Crippen LogP contribution < -0.4 is 0 Å². The summed E-state index contributed by atoms with van der Waals surface area (Å²) in [6, 6.07) is 9.05. The predicted octanol–water partition coefficient (Wildman–Crippen LogP) is 3.29. The monoisotopic (exact) mass is 410 g/mol. The zero-order chi connectivity index (χ0) is 18.6. The molecule has 0 atom stereocenters. The number of hydrogen-bond donors (Lipinski definition) is 0. The zero-order valence-electron chi connectivity index (χ0n) is 14.8. The number of nitrogens with zero attached hydrogens (tertiary/aromatic N) is 4. The van der Waals surface area contributed by atoms with Crippen LogP contribution in [0, 0.1) is 0 Å². The second-order valence-corrected chi connectivity index (χ2v) is 9.30. The lowest BCUT2D eigenvalue weighted by atomic mass is 10.3. The Bertz CT molecular complexity index is 934. The quantitative estimate of drug-likeness (QED) is 0.542. The fourth-order valence-electron chi connectivity index (χ4n) is 2.78. The van der Waals surface area contributed by atoms with E-state index in [2.05, 4.69) is 27.5 Å². The van der Waals surface area contributed by atoms with Crippen LogP contribution in [0.1, 0.15) is 18.7 Å². The lowest BCUT2D eigenvalue weighted by molar-refractivity contribution is 0.269. The highest BCUT2D eigenvalue weighted by Crippen LogP contribution is 2.26. The molecule has 0 bridgehead atoms. The molecular weight excluding hydrogens is 388 g/mol. The Kier molecular flexibility index (Phi) is 6.36. The maximum Gasteiger partial charge on any atom is 0.245 e. The van der Waals surface area contributed by atoms with Crippen molar-refractivity contribution in [3.63, 3.8) is 0 Å². The van der Waals surface area contributed by atoms with Gasteiger partial charge in [0.25, 0.3) is 0 Å². The zero-order valence-corrected chi connectivity index (χ0v) is 17.3. The van der Waals surface area contributed by atoms with E-state index in [0.717, 1.165) is 29.7 Å². The Labute approximate surface area is 162 Å². The summed E-state index contributed by atoms with van der Waals surface area (Å²) >= 11 is 2.60. The molecule has 3 aromatic rings. The van der Waals surface area contributed by atoms with Crippen molar-refractivity contribution in [3.05, 3.63) is 40.6 Å². The third-order valence-electron chi connectivity index (χ3n) is 4.34. The Morgan fingerprint density at radius 2 is 1.85 bits per heavy atom. The van der Waals surface area contributed by atoms with E-state index < -0.39 is 10.0 Å². The van der Waals surface area contributed by atoms with E-state index in [1.54, 1.807) is 33.8 Å². The summed E-state index contributed by atoms with van der Waals surface area (Å²) in [7, 11) is -3.67. The van der Waals surface area contributed by atoms with Crippen LogP contribution in [0.5, 0.6) is 0 Å². The molecule has 3 rings (SSSR count). The van der Waals surface area contributed by atoms with Crippen LogP contribution in [0.4, 0.5) is 0 Å². The molecule has 9 heteroatoms. The van der Waals surface area contributed by atoms with Crippen LogP contribution in [-0.2, 0) is 16.6 Å². The van der Waals surface area contributed by atoms with Gasteiger partial charge < -0.3 is 4.90 Å². The molecule has 0 unspecified atom stereocenters. The highest BCUT2D eigenvalue weighted by Gasteiger charge is 2.28.